The largest absolute Gasteiger partial charge is 0.497 e. The first-order valence-corrected chi connectivity index (χ1v) is 8.52. The van der Waals surface area contributed by atoms with E-state index in [1.165, 1.54) is 0 Å². The number of hydrogen-bond donors (Lipinski definition) is 0. The van der Waals surface area contributed by atoms with Crippen LogP contribution in [0, 0.1) is 0 Å². The van der Waals surface area contributed by atoms with Gasteiger partial charge in [0.05, 0.1) is 12.6 Å². The molecule has 4 rings (SSSR count). The Kier molecular flexibility index (Phi) is 4.49. The van der Waals surface area contributed by atoms with Gasteiger partial charge in [-0.25, -0.2) is 4.68 Å². The third-order valence-electron chi connectivity index (χ3n) is 4.27. The van der Waals surface area contributed by atoms with Gasteiger partial charge in [-0.1, -0.05) is 59.8 Å². The molecule has 4 aromatic rings. The maximum atomic E-state index is 13.2. The minimum Gasteiger partial charge on any atom is -0.497 e. The van der Waals surface area contributed by atoms with Crippen molar-refractivity contribution in [2.24, 2.45) is 0 Å². The number of carbonyl (C=O) groups is 1. The summed E-state index contributed by atoms with van der Waals surface area (Å²) in [6.07, 6.45) is 1.82. The Morgan fingerprint density at radius 1 is 0.926 bits per heavy atom. The lowest BCUT2D eigenvalue weighted by Gasteiger charge is -2.08. The molecule has 5 heteroatoms. The lowest BCUT2D eigenvalue weighted by atomic mass is 10.1. The Labute approximate surface area is 156 Å². The molecule has 27 heavy (non-hydrogen) atoms. The van der Waals surface area contributed by atoms with Gasteiger partial charge in [0.1, 0.15) is 17.0 Å². The van der Waals surface area contributed by atoms with Crippen molar-refractivity contribution >= 4 is 28.6 Å². The Morgan fingerprint density at radius 3 is 2.37 bits per heavy atom. The first-order chi connectivity index (χ1) is 13.3. The van der Waals surface area contributed by atoms with Crippen LogP contribution in [-0.2, 0) is 0 Å². The molecule has 0 aliphatic carbocycles. The number of carbonyl (C=O) groups excluding carboxylic acids is 1. The predicted octanol–water partition coefficient (Wildman–Crippen LogP) is 4.32. The third kappa shape index (κ3) is 3.35. The number of hydrogen-bond acceptors (Lipinski definition) is 4. The summed E-state index contributed by atoms with van der Waals surface area (Å²) in [5.74, 6) is 0.636. The van der Waals surface area contributed by atoms with E-state index in [1.807, 2.05) is 72.8 Å². The Morgan fingerprint density at radius 2 is 1.63 bits per heavy atom. The number of aromatic nitrogens is 3. The molecule has 0 amide bonds. The topological polar surface area (TPSA) is 57.0 Å². The van der Waals surface area contributed by atoms with Gasteiger partial charge in [-0.3, -0.25) is 4.79 Å². The van der Waals surface area contributed by atoms with E-state index in [2.05, 4.69) is 10.3 Å². The lowest BCUT2D eigenvalue weighted by Crippen LogP contribution is -2.11. The number of nitrogens with zero attached hydrogens (tertiary/aromatic N) is 3. The molecule has 0 saturated carbocycles. The summed E-state index contributed by atoms with van der Waals surface area (Å²) < 4.78 is 6.80. The Hall–Kier alpha value is -3.73. The SMILES string of the molecule is COc1ccc(C=C(C(=O)c2ccccc2)n2nnc3ccccc32)cc1. The van der Waals surface area contributed by atoms with Crippen molar-refractivity contribution in [2.75, 3.05) is 7.11 Å². The smallest absolute Gasteiger partial charge is 0.211 e. The summed E-state index contributed by atoms with van der Waals surface area (Å²) in [6.45, 7) is 0. The van der Waals surface area contributed by atoms with Crippen LogP contribution >= 0.6 is 0 Å². The monoisotopic (exact) mass is 355 g/mol. The van der Waals surface area contributed by atoms with Crippen molar-refractivity contribution in [3.8, 4) is 5.75 Å². The van der Waals surface area contributed by atoms with Crippen LogP contribution in [0.4, 0.5) is 0 Å². The fraction of sp³-hybridized carbons (Fsp3) is 0.0455. The van der Waals surface area contributed by atoms with Crippen LogP contribution in [0.3, 0.4) is 0 Å². The molecule has 0 N–H and O–H groups in total. The van der Waals surface area contributed by atoms with Gasteiger partial charge in [-0.15, -0.1) is 5.10 Å². The van der Waals surface area contributed by atoms with Gasteiger partial charge >= 0.3 is 0 Å². The summed E-state index contributed by atoms with van der Waals surface area (Å²) >= 11 is 0. The fourth-order valence-corrected chi connectivity index (χ4v) is 2.87. The van der Waals surface area contributed by atoms with Gasteiger partial charge in [0, 0.05) is 5.56 Å². The highest BCUT2D eigenvalue weighted by Gasteiger charge is 2.18. The quantitative estimate of drug-likeness (QED) is 0.395. The summed E-state index contributed by atoms with van der Waals surface area (Å²) in [7, 11) is 1.62. The molecule has 0 spiro atoms. The van der Waals surface area contributed by atoms with E-state index in [4.69, 9.17) is 4.74 Å². The molecule has 0 saturated heterocycles. The molecule has 1 aromatic heterocycles. The number of ketones is 1. The van der Waals surface area contributed by atoms with Crippen LogP contribution < -0.4 is 4.74 Å². The summed E-state index contributed by atoms with van der Waals surface area (Å²) in [5.41, 5.74) is 3.41. The highest BCUT2D eigenvalue weighted by atomic mass is 16.5. The number of para-hydroxylation sites is 1. The highest BCUT2D eigenvalue weighted by molar-refractivity contribution is 6.28. The zero-order chi connectivity index (χ0) is 18.6. The average Bonchev–Trinajstić information content (AvgIpc) is 3.16. The van der Waals surface area contributed by atoms with Gasteiger partial charge in [-0.2, -0.15) is 0 Å². The second-order valence-corrected chi connectivity index (χ2v) is 5.99. The van der Waals surface area contributed by atoms with Crippen molar-refractivity contribution in [3.63, 3.8) is 0 Å². The molecule has 0 atom stereocenters. The molecule has 0 aliphatic heterocycles. The molecule has 0 fully saturated rings. The van der Waals surface area contributed by atoms with Crippen LogP contribution in [0.2, 0.25) is 0 Å². The van der Waals surface area contributed by atoms with Gasteiger partial charge < -0.3 is 4.74 Å². The molecule has 132 valence electrons. The molecular formula is C22H17N3O2. The molecule has 3 aromatic carbocycles. The summed E-state index contributed by atoms with van der Waals surface area (Å²) in [6, 6.07) is 24.2. The maximum absolute atomic E-state index is 13.2. The zero-order valence-electron chi connectivity index (χ0n) is 14.7. The second-order valence-electron chi connectivity index (χ2n) is 5.99. The number of Topliss-reactive ketones (excluding diaryl/α,β-unsaturated/α-hetero) is 1. The van der Waals surface area contributed by atoms with Gasteiger partial charge in [0.25, 0.3) is 0 Å². The van der Waals surface area contributed by atoms with Crippen LogP contribution in [0.5, 0.6) is 5.75 Å². The molecule has 0 unspecified atom stereocenters. The van der Waals surface area contributed by atoms with Gasteiger partial charge in [-0.05, 0) is 35.9 Å². The Balaban J connectivity index is 1.86. The van der Waals surface area contributed by atoms with Gasteiger partial charge in [0.15, 0.2) is 0 Å². The highest BCUT2D eigenvalue weighted by Crippen LogP contribution is 2.22. The van der Waals surface area contributed by atoms with E-state index < -0.39 is 0 Å². The van der Waals surface area contributed by atoms with Crippen molar-refractivity contribution in [1.29, 1.82) is 0 Å². The lowest BCUT2D eigenvalue weighted by molar-refractivity contribution is 0.105. The number of rotatable bonds is 5. The maximum Gasteiger partial charge on any atom is 0.211 e. The molecule has 0 aliphatic rings. The number of benzene rings is 3. The van der Waals surface area contributed by atoms with E-state index in [-0.39, 0.29) is 5.78 Å². The second kappa shape index (κ2) is 7.25. The van der Waals surface area contributed by atoms with Crippen molar-refractivity contribution in [2.45, 2.75) is 0 Å². The summed E-state index contributed by atoms with van der Waals surface area (Å²) in [4.78, 5) is 13.2. The number of methoxy groups -OCH3 is 1. The normalized spacial score (nSPS) is 11.5. The van der Waals surface area contributed by atoms with Crippen molar-refractivity contribution in [3.05, 3.63) is 90.0 Å². The first-order valence-electron chi connectivity index (χ1n) is 8.52. The Bertz CT molecular complexity index is 1110. The van der Waals surface area contributed by atoms with Crippen LogP contribution in [-0.4, -0.2) is 27.9 Å². The predicted molar refractivity (Wildman–Crippen MR) is 105 cm³/mol. The molecule has 0 bridgehead atoms. The van der Waals surface area contributed by atoms with Crippen LogP contribution in [0.15, 0.2) is 78.9 Å². The molecular weight excluding hydrogens is 338 g/mol. The first kappa shape index (κ1) is 16.7. The van der Waals surface area contributed by atoms with Crippen LogP contribution in [0.1, 0.15) is 15.9 Å². The van der Waals surface area contributed by atoms with Crippen molar-refractivity contribution < 1.29 is 9.53 Å². The van der Waals surface area contributed by atoms with E-state index in [9.17, 15) is 4.79 Å². The number of ether oxygens (including phenoxy) is 1. The van der Waals surface area contributed by atoms with E-state index in [0.29, 0.717) is 11.3 Å². The van der Waals surface area contributed by atoms with Gasteiger partial charge in [0.2, 0.25) is 5.78 Å². The van der Waals surface area contributed by atoms with Crippen molar-refractivity contribution in [1.82, 2.24) is 15.0 Å². The van der Waals surface area contributed by atoms with E-state index in [0.717, 1.165) is 22.3 Å². The summed E-state index contributed by atoms with van der Waals surface area (Å²) in [5, 5.41) is 8.41. The molecule has 1 heterocycles. The molecule has 5 nitrogen and oxygen atoms in total. The molecule has 0 radical (unpaired) electrons. The van der Waals surface area contributed by atoms with E-state index in [1.54, 1.807) is 23.9 Å². The van der Waals surface area contributed by atoms with Crippen LogP contribution in [0.25, 0.3) is 22.8 Å². The fourth-order valence-electron chi connectivity index (χ4n) is 2.87. The third-order valence-corrected chi connectivity index (χ3v) is 4.27. The number of allylic oxidation sites excluding steroid dienone is 1. The number of fused-ring (bicyclic) bond motifs is 1. The minimum atomic E-state index is -0.123. The van der Waals surface area contributed by atoms with E-state index >= 15 is 0 Å². The standard InChI is InChI=1S/C22H17N3O2/c1-27-18-13-11-16(12-14-18)15-21(22(26)17-7-3-2-4-8-17)25-20-10-6-5-9-19(20)23-24-25/h2-15H,1H3. The zero-order valence-corrected chi connectivity index (χ0v) is 14.7. The average molecular weight is 355 g/mol. The minimum absolute atomic E-state index is 0.123.